The lowest BCUT2D eigenvalue weighted by molar-refractivity contribution is 0.340. The number of thiazole rings is 1. The number of fused-ring (bicyclic) bond motifs is 1. The maximum atomic E-state index is 5.52. The van der Waals surface area contributed by atoms with E-state index in [4.69, 9.17) is 9.72 Å². The van der Waals surface area contributed by atoms with Gasteiger partial charge in [-0.25, -0.2) is 4.98 Å². The van der Waals surface area contributed by atoms with E-state index in [1.54, 1.807) is 23.1 Å². The number of aromatic nitrogens is 1. The van der Waals surface area contributed by atoms with E-state index >= 15 is 0 Å². The summed E-state index contributed by atoms with van der Waals surface area (Å²) in [4.78, 5) is 4.69. The van der Waals surface area contributed by atoms with Crippen LogP contribution in [0.3, 0.4) is 0 Å². The van der Waals surface area contributed by atoms with Gasteiger partial charge in [-0.2, -0.15) is 0 Å². The van der Waals surface area contributed by atoms with E-state index in [-0.39, 0.29) is 0 Å². The zero-order valence-corrected chi connectivity index (χ0v) is 13.8. The smallest absolute Gasteiger partial charge is 0.151 e. The SMILES string of the molecule is CCOc1ccc2sc(SCc3cccc(C)c3)nc2c1. The van der Waals surface area contributed by atoms with E-state index in [1.807, 2.05) is 19.1 Å². The average molecular weight is 315 g/mol. The molecule has 0 saturated heterocycles. The largest absolute Gasteiger partial charge is 0.494 e. The van der Waals surface area contributed by atoms with Crippen LogP contribution in [0.25, 0.3) is 10.2 Å². The molecule has 21 heavy (non-hydrogen) atoms. The second-order valence-electron chi connectivity index (χ2n) is 4.82. The van der Waals surface area contributed by atoms with Crippen molar-refractivity contribution in [2.24, 2.45) is 0 Å². The molecule has 2 nitrogen and oxygen atoms in total. The molecule has 0 aliphatic heterocycles. The minimum atomic E-state index is 0.685. The number of ether oxygens (including phenoxy) is 1. The van der Waals surface area contributed by atoms with Crippen molar-refractivity contribution in [1.29, 1.82) is 0 Å². The normalized spacial score (nSPS) is 11.0. The molecule has 3 rings (SSSR count). The second-order valence-corrected chi connectivity index (χ2v) is 7.07. The maximum Gasteiger partial charge on any atom is 0.151 e. The first-order chi connectivity index (χ1) is 10.2. The van der Waals surface area contributed by atoms with Crippen LogP contribution in [0.1, 0.15) is 18.1 Å². The topological polar surface area (TPSA) is 22.1 Å². The second kappa shape index (κ2) is 6.50. The van der Waals surface area contributed by atoms with E-state index in [9.17, 15) is 0 Å². The van der Waals surface area contributed by atoms with Gasteiger partial charge in [-0.15, -0.1) is 11.3 Å². The van der Waals surface area contributed by atoms with Crippen LogP contribution in [0.2, 0.25) is 0 Å². The summed E-state index contributed by atoms with van der Waals surface area (Å²) in [6.45, 7) is 4.81. The summed E-state index contributed by atoms with van der Waals surface area (Å²) in [6, 6.07) is 14.8. The highest BCUT2D eigenvalue weighted by Gasteiger charge is 2.06. The summed E-state index contributed by atoms with van der Waals surface area (Å²) in [5.41, 5.74) is 3.67. The van der Waals surface area contributed by atoms with Crippen molar-refractivity contribution in [1.82, 2.24) is 4.98 Å². The van der Waals surface area contributed by atoms with Gasteiger partial charge in [0.2, 0.25) is 0 Å². The predicted molar refractivity (Wildman–Crippen MR) is 91.5 cm³/mol. The molecule has 0 saturated carbocycles. The number of benzene rings is 2. The van der Waals surface area contributed by atoms with Crippen LogP contribution in [0.4, 0.5) is 0 Å². The highest BCUT2D eigenvalue weighted by Crippen LogP contribution is 2.33. The van der Waals surface area contributed by atoms with E-state index in [1.165, 1.54) is 15.8 Å². The van der Waals surface area contributed by atoms with Crippen LogP contribution in [0, 0.1) is 6.92 Å². The Morgan fingerprint density at radius 1 is 1.19 bits per heavy atom. The molecule has 4 heteroatoms. The molecular weight excluding hydrogens is 298 g/mol. The van der Waals surface area contributed by atoms with Crippen molar-refractivity contribution in [2.45, 2.75) is 23.9 Å². The average Bonchev–Trinajstić information content (AvgIpc) is 2.88. The van der Waals surface area contributed by atoms with E-state index < -0.39 is 0 Å². The molecule has 1 aromatic heterocycles. The minimum absolute atomic E-state index is 0.685. The molecule has 0 amide bonds. The molecule has 0 spiro atoms. The lowest BCUT2D eigenvalue weighted by Crippen LogP contribution is -1.90. The zero-order chi connectivity index (χ0) is 14.7. The fourth-order valence-electron chi connectivity index (χ4n) is 2.15. The number of rotatable bonds is 5. The molecule has 3 aromatic rings. The molecule has 2 aromatic carbocycles. The van der Waals surface area contributed by atoms with Gasteiger partial charge in [0.25, 0.3) is 0 Å². The van der Waals surface area contributed by atoms with Gasteiger partial charge in [-0.1, -0.05) is 41.6 Å². The van der Waals surface area contributed by atoms with Gasteiger partial charge in [0, 0.05) is 11.8 Å². The Hall–Kier alpha value is -1.52. The summed E-state index contributed by atoms with van der Waals surface area (Å²) in [5.74, 6) is 1.85. The Morgan fingerprint density at radius 2 is 2.10 bits per heavy atom. The Bertz CT molecular complexity index is 751. The lowest BCUT2D eigenvalue weighted by Gasteiger charge is -2.00. The van der Waals surface area contributed by atoms with E-state index in [0.29, 0.717) is 6.61 Å². The van der Waals surface area contributed by atoms with Gasteiger partial charge in [-0.3, -0.25) is 0 Å². The highest BCUT2D eigenvalue weighted by atomic mass is 32.2. The monoisotopic (exact) mass is 315 g/mol. The fourth-order valence-corrected chi connectivity index (χ4v) is 4.14. The first-order valence-corrected chi connectivity index (χ1v) is 8.76. The quantitative estimate of drug-likeness (QED) is 0.597. The van der Waals surface area contributed by atoms with Crippen LogP contribution >= 0.6 is 23.1 Å². The van der Waals surface area contributed by atoms with Crippen molar-refractivity contribution in [3.05, 3.63) is 53.6 Å². The molecule has 0 fully saturated rings. The van der Waals surface area contributed by atoms with Crippen LogP contribution < -0.4 is 4.74 Å². The Labute approximate surface area is 133 Å². The Morgan fingerprint density at radius 3 is 2.90 bits per heavy atom. The molecule has 0 unspecified atom stereocenters. The van der Waals surface area contributed by atoms with Crippen molar-refractivity contribution >= 4 is 33.3 Å². The first-order valence-electron chi connectivity index (χ1n) is 6.96. The number of thioether (sulfide) groups is 1. The summed E-state index contributed by atoms with van der Waals surface area (Å²) < 4.78 is 7.85. The number of hydrogen-bond donors (Lipinski definition) is 0. The lowest BCUT2D eigenvalue weighted by atomic mass is 10.2. The van der Waals surface area contributed by atoms with Gasteiger partial charge < -0.3 is 4.74 Å². The van der Waals surface area contributed by atoms with Gasteiger partial charge in [0.05, 0.1) is 16.8 Å². The summed E-state index contributed by atoms with van der Waals surface area (Å²) in [7, 11) is 0. The van der Waals surface area contributed by atoms with Crippen molar-refractivity contribution in [3.8, 4) is 5.75 Å². The molecule has 0 N–H and O–H groups in total. The molecule has 108 valence electrons. The number of hydrogen-bond acceptors (Lipinski definition) is 4. The first kappa shape index (κ1) is 14.4. The van der Waals surface area contributed by atoms with E-state index in [0.717, 1.165) is 21.4 Å². The Balaban J connectivity index is 1.75. The molecule has 0 bridgehead atoms. The third-order valence-electron chi connectivity index (χ3n) is 3.10. The molecule has 0 aliphatic rings. The fraction of sp³-hybridized carbons (Fsp3) is 0.235. The third kappa shape index (κ3) is 3.57. The third-order valence-corrected chi connectivity index (χ3v) is 5.35. The summed E-state index contributed by atoms with van der Waals surface area (Å²) in [5, 5.41) is 0. The summed E-state index contributed by atoms with van der Waals surface area (Å²) >= 11 is 3.54. The van der Waals surface area contributed by atoms with Crippen LogP contribution in [-0.2, 0) is 5.75 Å². The Kier molecular flexibility index (Phi) is 4.46. The molecule has 0 radical (unpaired) electrons. The van der Waals surface area contributed by atoms with Crippen LogP contribution in [0.15, 0.2) is 46.8 Å². The summed E-state index contributed by atoms with van der Waals surface area (Å²) in [6.07, 6.45) is 0. The standard InChI is InChI=1S/C17H17NOS2/c1-3-19-14-7-8-16-15(10-14)18-17(21-16)20-11-13-6-4-5-12(2)9-13/h4-10H,3,11H2,1-2H3. The van der Waals surface area contributed by atoms with Gasteiger partial charge in [0.1, 0.15) is 5.75 Å². The minimum Gasteiger partial charge on any atom is -0.494 e. The molecular formula is C17H17NOS2. The number of aryl methyl sites for hydroxylation is 1. The molecule has 0 atom stereocenters. The van der Waals surface area contributed by atoms with Gasteiger partial charge >= 0.3 is 0 Å². The van der Waals surface area contributed by atoms with Crippen LogP contribution in [0.5, 0.6) is 5.75 Å². The zero-order valence-electron chi connectivity index (χ0n) is 12.1. The van der Waals surface area contributed by atoms with Crippen molar-refractivity contribution in [3.63, 3.8) is 0 Å². The van der Waals surface area contributed by atoms with Gasteiger partial charge in [0.15, 0.2) is 4.34 Å². The predicted octanol–water partition coefficient (Wildman–Crippen LogP) is 5.30. The number of nitrogens with zero attached hydrogens (tertiary/aromatic N) is 1. The molecule has 0 aliphatic carbocycles. The van der Waals surface area contributed by atoms with E-state index in [2.05, 4.69) is 37.3 Å². The van der Waals surface area contributed by atoms with Gasteiger partial charge in [-0.05, 0) is 31.5 Å². The van der Waals surface area contributed by atoms with Crippen LogP contribution in [-0.4, -0.2) is 11.6 Å². The molecule has 1 heterocycles. The van der Waals surface area contributed by atoms with Crippen molar-refractivity contribution < 1.29 is 4.74 Å². The maximum absolute atomic E-state index is 5.52. The highest BCUT2D eigenvalue weighted by molar-refractivity contribution is 8.00. The van der Waals surface area contributed by atoms with Crippen molar-refractivity contribution in [2.75, 3.05) is 6.61 Å².